The third-order valence-electron chi connectivity index (χ3n) is 4.74. The van der Waals surface area contributed by atoms with Crippen molar-refractivity contribution in [3.8, 4) is 11.5 Å². The maximum Gasteiger partial charge on any atom is 0.357 e. The van der Waals surface area contributed by atoms with Crippen LogP contribution in [0.1, 0.15) is 17.9 Å². The number of hydrogen-bond donors (Lipinski definition) is 4. The summed E-state index contributed by atoms with van der Waals surface area (Å²) in [5.41, 5.74) is -2.03. The summed E-state index contributed by atoms with van der Waals surface area (Å²) in [6.07, 6.45) is -2.97. The summed E-state index contributed by atoms with van der Waals surface area (Å²) < 4.78 is 15.4. The van der Waals surface area contributed by atoms with Gasteiger partial charge in [0.05, 0.1) is 18.9 Å². The van der Waals surface area contributed by atoms with Gasteiger partial charge in [-0.25, -0.2) is 4.79 Å². The minimum absolute atomic E-state index is 0.189. The molecule has 1 aromatic rings. The normalized spacial score (nSPS) is 40.7. The summed E-state index contributed by atoms with van der Waals surface area (Å²) in [6.45, 7) is -0.300. The highest BCUT2D eigenvalue weighted by Gasteiger charge is 2.80. The molecule has 3 aliphatic rings. The monoisotopic (exact) mass is 338 g/mol. The molecule has 0 aliphatic carbocycles. The summed E-state index contributed by atoms with van der Waals surface area (Å²) in [5, 5.41) is 40.1. The predicted octanol–water partition coefficient (Wildman–Crippen LogP) is -1.13. The summed E-state index contributed by atoms with van der Waals surface area (Å²) in [5.74, 6) is -5.84. The Hall–Kier alpha value is -2.36. The Morgan fingerprint density at radius 2 is 1.79 bits per heavy atom. The van der Waals surface area contributed by atoms with Crippen molar-refractivity contribution in [2.24, 2.45) is 0 Å². The number of aliphatic hydroxyl groups is 2. The van der Waals surface area contributed by atoms with E-state index in [9.17, 15) is 30.0 Å². The molecular weight excluding hydrogens is 324 g/mol. The van der Waals surface area contributed by atoms with Gasteiger partial charge in [0.2, 0.25) is 0 Å². The largest absolute Gasteiger partial charge is 0.508 e. The average molecular weight is 338 g/mol. The van der Waals surface area contributed by atoms with E-state index in [0.717, 1.165) is 6.07 Å². The van der Waals surface area contributed by atoms with Crippen LogP contribution in [0, 0.1) is 0 Å². The molecule has 1 spiro atoms. The standard InChI is InChI=1S/C15H14O9/c16-7-1-6(2-8(17)3-7)9-4-11(19)24-14(9)13(20)23-12-10(18)5-22-15(12,14)21/h1-3,9-10,12,16-18,21H,4-5H2. The zero-order chi connectivity index (χ0) is 17.3. The zero-order valence-electron chi connectivity index (χ0n) is 12.2. The number of aromatic hydroxyl groups is 2. The van der Waals surface area contributed by atoms with Crippen molar-refractivity contribution in [1.29, 1.82) is 0 Å². The lowest BCUT2D eigenvalue weighted by Crippen LogP contribution is -2.60. The number of carbonyl (C=O) groups excluding carboxylic acids is 2. The number of benzene rings is 1. The summed E-state index contributed by atoms with van der Waals surface area (Å²) >= 11 is 0. The van der Waals surface area contributed by atoms with Crippen LogP contribution in [-0.4, -0.2) is 62.6 Å². The van der Waals surface area contributed by atoms with E-state index in [4.69, 9.17) is 14.2 Å². The highest BCUT2D eigenvalue weighted by atomic mass is 16.7. The van der Waals surface area contributed by atoms with Gasteiger partial charge < -0.3 is 34.6 Å². The smallest absolute Gasteiger partial charge is 0.357 e. The van der Waals surface area contributed by atoms with Crippen molar-refractivity contribution >= 4 is 11.9 Å². The highest BCUT2D eigenvalue weighted by Crippen LogP contribution is 2.56. The third-order valence-corrected chi connectivity index (χ3v) is 4.74. The number of rotatable bonds is 1. The van der Waals surface area contributed by atoms with Crippen molar-refractivity contribution < 1.29 is 44.2 Å². The fourth-order valence-electron chi connectivity index (χ4n) is 3.75. The van der Waals surface area contributed by atoms with Gasteiger partial charge in [0.1, 0.15) is 17.6 Å². The lowest BCUT2D eigenvalue weighted by atomic mass is 9.76. The van der Waals surface area contributed by atoms with Gasteiger partial charge in [-0.1, -0.05) is 0 Å². The van der Waals surface area contributed by atoms with Crippen LogP contribution in [0.3, 0.4) is 0 Å². The molecule has 3 aliphatic heterocycles. The molecule has 3 heterocycles. The van der Waals surface area contributed by atoms with Gasteiger partial charge in [0.25, 0.3) is 11.4 Å². The lowest BCUT2D eigenvalue weighted by molar-refractivity contribution is -0.264. The molecular formula is C15H14O9. The molecule has 0 saturated carbocycles. The second-order valence-electron chi connectivity index (χ2n) is 6.15. The number of carbonyl (C=O) groups is 2. The predicted molar refractivity (Wildman–Crippen MR) is 72.7 cm³/mol. The van der Waals surface area contributed by atoms with E-state index in [2.05, 4.69) is 0 Å². The minimum atomic E-state index is -2.36. The number of fused-ring (bicyclic) bond motifs is 2. The number of ether oxygens (including phenoxy) is 3. The molecule has 0 radical (unpaired) electrons. The fraction of sp³-hybridized carbons (Fsp3) is 0.467. The molecule has 0 aromatic heterocycles. The molecule has 4 N–H and O–H groups in total. The molecule has 128 valence electrons. The first-order valence-corrected chi connectivity index (χ1v) is 7.28. The van der Waals surface area contributed by atoms with E-state index in [-0.39, 0.29) is 30.1 Å². The van der Waals surface area contributed by atoms with Crippen molar-refractivity contribution in [1.82, 2.24) is 0 Å². The van der Waals surface area contributed by atoms with Crippen LogP contribution in [0.4, 0.5) is 0 Å². The topological polar surface area (TPSA) is 143 Å². The van der Waals surface area contributed by atoms with Crippen LogP contribution in [0.25, 0.3) is 0 Å². The van der Waals surface area contributed by atoms with Gasteiger partial charge in [-0.15, -0.1) is 0 Å². The van der Waals surface area contributed by atoms with Crippen molar-refractivity contribution in [2.75, 3.05) is 6.61 Å². The second kappa shape index (κ2) is 4.59. The Balaban J connectivity index is 1.88. The van der Waals surface area contributed by atoms with Gasteiger partial charge in [0, 0.05) is 6.07 Å². The minimum Gasteiger partial charge on any atom is -0.508 e. The molecule has 3 fully saturated rings. The lowest BCUT2D eigenvalue weighted by Gasteiger charge is -2.35. The van der Waals surface area contributed by atoms with E-state index < -0.39 is 41.5 Å². The first kappa shape index (κ1) is 15.2. The van der Waals surface area contributed by atoms with E-state index in [0.29, 0.717) is 0 Å². The van der Waals surface area contributed by atoms with Crippen LogP contribution in [-0.2, 0) is 23.8 Å². The number of esters is 2. The summed E-state index contributed by atoms with van der Waals surface area (Å²) in [6, 6.07) is 3.56. The van der Waals surface area contributed by atoms with E-state index in [1.807, 2.05) is 0 Å². The number of hydrogen-bond acceptors (Lipinski definition) is 9. The van der Waals surface area contributed by atoms with Gasteiger partial charge >= 0.3 is 11.9 Å². The van der Waals surface area contributed by atoms with Crippen molar-refractivity contribution in [2.45, 2.75) is 35.9 Å². The molecule has 1 aromatic carbocycles. The highest BCUT2D eigenvalue weighted by molar-refractivity contribution is 5.92. The fourth-order valence-corrected chi connectivity index (χ4v) is 3.75. The summed E-state index contributed by atoms with van der Waals surface area (Å²) in [4.78, 5) is 24.4. The molecule has 9 nitrogen and oxygen atoms in total. The van der Waals surface area contributed by atoms with Crippen LogP contribution in [0.5, 0.6) is 11.5 Å². The second-order valence-corrected chi connectivity index (χ2v) is 6.15. The van der Waals surface area contributed by atoms with Crippen molar-refractivity contribution in [3.63, 3.8) is 0 Å². The van der Waals surface area contributed by atoms with Crippen LogP contribution < -0.4 is 0 Å². The summed E-state index contributed by atoms with van der Waals surface area (Å²) in [7, 11) is 0. The third kappa shape index (κ3) is 1.68. The molecule has 0 bridgehead atoms. The Bertz CT molecular complexity index is 726. The van der Waals surface area contributed by atoms with Gasteiger partial charge in [-0.05, 0) is 17.7 Å². The average Bonchev–Trinajstić information content (AvgIpc) is 3.06. The Labute approximate surface area is 135 Å². The maximum absolute atomic E-state index is 12.5. The van der Waals surface area contributed by atoms with E-state index in [1.165, 1.54) is 12.1 Å². The van der Waals surface area contributed by atoms with Crippen LogP contribution in [0.15, 0.2) is 18.2 Å². The SMILES string of the molecule is O=C1CC(c2cc(O)cc(O)c2)C2(O1)C(=O)OC1C(O)COC12O. The molecule has 5 unspecified atom stereocenters. The molecule has 3 saturated heterocycles. The Kier molecular flexibility index (Phi) is 2.91. The molecule has 9 heteroatoms. The van der Waals surface area contributed by atoms with Gasteiger partial charge in [-0.3, -0.25) is 4.79 Å². The van der Waals surface area contributed by atoms with E-state index >= 15 is 0 Å². The van der Waals surface area contributed by atoms with E-state index in [1.54, 1.807) is 0 Å². The van der Waals surface area contributed by atoms with Gasteiger partial charge in [0.15, 0.2) is 6.10 Å². The molecule has 4 rings (SSSR count). The molecule has 5 atom stereocenters. The number of phenols is 2. The first-order chi connectivity index (χ1) is 11.3. The molecule has 24 heavy (non-hydrogen) atoms. The number of aliphatic hydroxyl groups excluding tert-OH is 1. The van der Waals surface area contributed by atoms with Gasteiger partial charge in [-0.2, -0.15) is 0 Å². The maximum atomic E-state index is 12.5. The number of phenolic OH excluding ortho intramolecular Hbond substituents is 2. The molecule has 0 amide bonds. The first-order valence-electron chi connectivity index (χ1n) is 7.28. The Morgan fingerprint density at radius 3 is 2.46 bits per heavy atom. The van der Waals surface area contributed by atoms with Crippen LogP contribution in [0.2, 0.25) is 0 Å². The quantitative estimate of drug-likeness (QED) is 0.468. The van der Waals surface area contributed by atoms with Crippen molar-refractivity contribution in [3.05, 3.63) is 23.8 Å². The van der Waals surface area contributed by atoms with Crippen LogP contribution >= 0.6 is 0 Å². The zero-order valence-corrected chi connectivity index (χ0v) is 12.2. The Morgan fingerprint density at radius 1 is 1.12 bits per heavy atom.